The molecule has 0 aliphatic carbocycles. The smallest absolute Gasteiger partial charge is 0.246 e. The molecule has 1 aliphatic heterocycles. The Bertz CT molecular complexity index is 532. The van der Waals surface area contributed by atoms with E-state index in [1.54, 1.807) is 0 Å². The van der Waals surface area contributed by atoms with Gasteiger partial charge in [-0.1, -0.05) is 0 Å². The Balaban J connectivity index is 2.18. The third kappa shape index (κ3) is 2.86. The van der Waals surface area contributed by atoms with Gasteiger partial charge in [-0.2, -0.15) is 9.40 Å². The normalized spacial score (nSPS) is 24.4. The summed E-state index contributed by atoms with van der Waals surface area (Å²) in [5.74, 6) is 0. The van der Waals surface area contributed by atoms with E-state index in [2.05, 4.69) is 5.10 Å². The van der Waals surface area contributed by atoms with Crippen molar-refractivity contribution < 1.29 is 23.0 Å². The van der Waals surface area contributed by atoms with Crippen molar-refractivity contribution in [1.29, 1.82) is 0 Å². The first-order valence-corrected chi connectivity index (χ1v) is 7.66. The van der Waals surface area contributed by atoms with Crippen molar-refractivity contribution in [2.75, 3.05) is 33.9 Å². The third-order valence-corrected chi connectivity index (χ3v) is 5.15. The molecule has 8 nitrogen and oxygen atoms in total. The maximum atomic E-state index is 12.5. The van der Waals surface area contributed by atoms with Gasteiger partial charge < -0.3 is 14.6 Å². The number of aromatic nitrogens is 2. The van der Waals surface area contributed by atoms with Crippen molar-refractivity contribution in [2.24, 2.45) is 0 Å². The molecular formula is C11H19N3O5S. The number of aliphatic hydroxyl groups excluding tert-OH is 1. The predicted molar refractivity (Wildman–Crippen MR) is 69.7 cm³/mol. The average Bonchev–Trinajstić information content (AvgIpc) is 3.05. The van der Waals surface area contributed by atoms with E-state index in [0.29, 0.717) is 0 Å². The summed E-state index contributed by atoms with van der Waals surface area (Å²) in [7, 11) is -0.546. The highest BCUT2D eigenvalue weighted by Crippen LogP contribution is 2.23. The summed E-state index contributed by atoms with van der Waals surface area (Å²) < 4.78 is 38.1. The zero-order chi connectivity index (χ0) is 14.8. The first kappa shape index (κ1) is 15.4. The molecule has 2 unspecified atom stereocenters. The van der Waals surface area contributed by atoms with E-state index in [1.807, 2.05) is 0 Å². The van der Waals surface area contributed by atoms with Crippen LogP contribution in [0.1, 0.15) is 0 Å². The first-order chi connectivity index (χ1) is 9.52. The zero-order valence-electron chi connectivity index (χ0n) is 11.5. The molecule has 1 aromatic heterocycles. The quantitative estimate of drug-likeness (QED) is 0.718. The summed E-state index contributed by atoms with van der Waals surface area (Å²) >= 11 is 0. The molecule has 0 aromatic carbocycles. The average molecular weight is 305 g/mol. The van der Waals surface area contributed by atoms with Crippen LogP contribution in [0, 0.1) is 0 Å². The largest absolute Gasteiger partial charge is 0.394 e. The van der Waals surface area contributed by atoms with Gasteiger partial charge in [0.1, 0.15) is 4.90 Å². The Morgan fingerprint density at radius 3 is 2.45 bits per heavy atom. The van der Waals surface area contributed by atoms with Crippen molar-refractivity contribution in [2.45, 2.75) is 23.6 Å². The third-order valence-electron chi connectivity index (χ3n) is 3.36. The summed E-state index contributed by atoms with van der Waals surface area (Å²) in [6.45, 7) is 0.671. The van der Waals surface area contributed by atoms with Crippen LogP contribution in [-0.4, -0.2) is 73.7 Å². The van der Waals surface area contributed by atoms with Crippen LogP contribution in [0.5, 0.6) is 0 Å². The van der Waals surface area contributed by atoms with E-state index in [4.69, 9.17) is 14.6 Å². The minimum atomic E-state index is -3.61. The van der Waals surface area contributed by atoms with Crippen LogP contribution in [0.25, 0.3) is 0 Å². The lowest BCUT2D eigenvalue weighted by atomic mass is 10.3. The van der Waals surface area contributed by atoms with Gasteiger partial charge in [0, 0.05) is 33.5 Å². The predicted octanol–water partition coefficient (Wildman–Crippen LogP) is -1.09. The first-order valence-electron chi connectivity index (χ1n) is 6.22. The molecule has 0 amide bonds. The fraction of sp³-hybridized carbons (Fsp3) is 0.727. The van der Waals surface area contributed by atoms with E-state index in [9.17, 15) is 8.42 Å². The van der Waals surface area contributed by atoms with Crippen LogP contribution in [0.3, 0.4) is 0 Å². The highest BCUT2D eigenvalue weighted by atomic mass is 32.2. The maximum absolute atomic E-state index is 12.5. The molecule has 1 aromatic rings. The van der Waals surface area contributed by atoms with Crippen LogP contribution in [0.4, 0.5) is 0 Å². The Hall–Kier alpha value is -1.00. The van der Waals surface area contributed by atoms with Gasteiger partial charge in [-0.15, -0.1) is 0 Å². The van der Waals surface area contributed by atoms with E-state index in [1.165, 1.54) is 35.6 Å². The van der Waals surface area contributed by atoms with Crippen molar-refractivity contribution in [3.8, 4) is 0 Å². The molecule has 0 saturated carbocycles. The second-order valence-electron chi connectivity index (χ2n) is 4.53. The van der Waals surface area contributed by atoms with Gasteiger partial charge in [-0.3, -0.25) is 4.68 Å². The summed E-state index contributed by atoms with van der Waals surface area (Å²) in [5.41, 5.74) is 0. The molecule has 0 spiro atoms. The summed E-state index contributed by atoms with van der Waals surface area (Å²) in [5, 5.41) is 12.7. The number of rotatable bonds is 6. The Kier molecular flexibility index (Phi) is 4.76. The second kappa shape index (κ2) is 6.19. The van der Waals surface area contributed by atoms with Gasteiger partial charge in [0.25, 0.3) is 0 Å². The van der Waals surface area contributed by atoms with Crippen LogP contribution in [0.2, 0.25) is 0 Å². The van der Waals surface area contributed by atoms with Gasteiger partial charge in [0.2, 0.25) is 10.0 Å². The number of hydrogen-bond acceptors (Lipinski definition) is 6. The molecule has 2 rings (SSSR count). The SMILES string of the molecule is COC1CN(S(=O)(=O)c2cnn(CCO)c2)CC1OC. The number of methoxy groups -OCH3 is 2. The fourth-order valence-corrected chi connectivity index (χ4v) is 3.63. The number of sulfonamides is 1. The molecule has 9 heteroatoms. The summed E-state index contributed by atoms with van der Waals surface area (Å²) in [6, 6.07) is 0. The van der Waals surface area contributed by atoms with Crippen LogP contribution in [-0.2, 0) is 26.0 Å². The number of hydrogen-bond donors (Lipinski definition) is 1. The fourth-order valence-electron chi connectivity index (χ4n) is 2.21. The molecule has 1 fully saturated rings. The Labute approximate surface area is 117 Å². The molecule has 114 valence electrons. The van der Waals surface area contributed by atoms with Crippen molar-refractivity contribution in [3.05, 3.63) is 12.4 Å². The lowest BCUT2D eigenvalue weighted by molar-refractivity contribution is -0.00461. The minimum absolute atomic E-state index is 0.0949. The van der Waals surface area contributed by atoms with Gasteiger partial charge in [-0.25, -0.2) is 8.42 Å². The van der Waals surface area contributed by atoms with E-state index >= 15 is 0 Å². The standard InChI is InChI=1S/C11H19N3O5S/c1-18-10-7-14(8-11(10)19-2)20(16,17)9-5-12-13(6-9)3-4-15/h5-6,10-11,15H,3-4,7-8H2,1-2H3. The van der Waals surface area contributed by atoms with Crippen molar-refractivity contribution in [3.63, 3.8) is 0 Å². The maximum Gasteiger partial charge on any atom is 0.246 e. The number of aliphatic hydroxyl groups is 1. The molecule has 0 radical (unpaired) electrons. The van der Waals surface area contributed by atoms with E-state index < -0.39 is 10.0 Å². The highest BCUT2D eigenvalue weighted by molar-refractivity contribution is 7.89. The van der Waals surface area contributed by atoms with Gasteiger partial charge in [-0.05, 0) is 0 Å². The van der Waals surface area contributed by atoms with Crippen LogP contribution >= 0.6 is 0 Å². The Morgan fingerprint density at radius 2 is 1.95 bits per heavy atom. The second-order valence-corrected chi connectivity index (χ2v) is 6.47. The van der Waals surface area contributed by atoms with E-state index in [0.717, 1.165) is 0 Å². The van der Waals surface area contributed by atoms with Crippen LogP contribution in [0.15, 0.2) is 17.3 Å². The number of ether oxygens (including phenoxy) is 2. The van der Waals surface area contributed by atoms with Crippen molar-refractivity contribution >= 4 is 10.0 Å². The number of nitrogens with zero attached hydrogens (tertiary/aromatic N) is 3. The molecule has 1 aliphatic rings. The molecule has 2 atom stereocenters. The van der Waals surface area contributed by atoms with Crippen LogP contribution < -0.4 is 0 Å². The van der Waals surface area contributed by atoms with Crippen molar-refractivity contribution in [1.82, 2.24) is 14.1 Å². The lowest BCUT2D eigenvalue weighted by Crippen LogP contribution is -2.30. The van der Waals surface area contributed by atoms with Gasteiger partial charge >= 0.3 is 0 Å². The molecule has 0 bridgehead atoms. The molecule has 1 N–H and O–H groups in total. The lowest BCUT2D eigenvalue weighted by Gasteiger charge is -2.14. The summed E-state index contributed by atoms with van der Waals surface area (Å²) in [6.07, 6.45) is 2.14. The molecular weight excluding hydrogens is 286 g/mol. The monoisotopic (exact) mass is 305 g/mol. The minimum Gasteiger partial charge on any atom is -0.394 e. The zero-order valence-corrected chi connectivity index (χ0v) is 12.3. The summed E-state index contributed by atoms with van der Waals surface area (Å²) in [4.78, 5) is 0.109. The Morgan fingerprint density at radius 1 is 1.35 bits per heavy atom. The molecule has 2 heterocycles. The highest BCUT2D eigenvalue weighted by Gasteiger charge is 2.40. The van der Waals surface area contributed by atoms with Gasteiger partial charge in [0.05, 0.1) is 31.6 Å². The molecule has 1 saturated heterocycles. The topological polar surface area (TPSA) is 93.9 Å². The van der Waals surface area contributed by atoms with Gasteiger partial charge in [0.15, 0.2) is 0 Å². The molecule has 20 heavy (non-hydrogen) atoms. The van der Waals surface area contributed by atoms with E-state index in [-0.39, 0.29) is 43.3 Å².